The Kier molecular flexibility index (Phi) is 5.91. The van der Waals surface area contributed by atoms with Crippen LogP contribution >= 0.6 is 0 Å². The van der Waals surface area contributed by atoms with Gasteiger partial charge in [0.2, 0.25) is 0 Å². The first-order valence-electron chi connectivity index (χ1n) is 10.7. The summed E-state index contributed by atoms with van der Waals surface area (Å²) in [5.74, 6) is 0. The Morgan fingerprint density at radius 1 is 0.862 bits per heavy atom. The molecule has 3 heteroatoms. The normalized spacial score (nSPS) is 18.1. The van der Waals surface area contributed by atoms with Crippen LogP contribution in [0.15, 0.2) is 59.8 Å². The molecule has 0 saturated heterocycles. The Morgan fingerprint density at radius 2 is 1.52 bits per heavy atom. The maximum absolute atomic E-state index is 5.48. The molecule has 2 aromatic carbocycles. The second-order valence-corrected chi connectivity index (χ2v) is 13.4. The molecular weight excluding hydrogens is 372 g/mol. The average molecular weight is 405 g/mol. The summed E-state index contributed by atoms with van der Waals surface area (Å²) in [6.07, 6.45) is 5.67. The van der Waals surface area contributed by atoms with Gasteiger partial charge in [-0.1, -0.05) is 72.9 Å². The van der Waals surface area contributed by atoms with Gasteiger partial charge in [-0.3, -0.25) is 0 Å². The highest BCUT2D eigenvalue weighted by Crippen LogP contribution is 2.49. The fourth-order valence-electron chi connectivity index (χ4n) is 5.19. The summed E-state index contributed by atoms with van der Waals surface area (Å²) >= 11 is 0. The summed E-state index contributed by atoms with van der Waals surface area (Å²) in [6.45, 7) is 6.70. The average Bonchev–Trinajstić information content (AvgIpc) is 3.30. The topological polar surface area (TPSA) is 18.5 Å². The molecule has 1 atom stereocenters. The Labute approximate surface area is 176 Å². The maximum atomic E-state index is 5.48. The van der Waals surface area contributed by atoms with E-state index in [2.05, 4.69) is 67.7 Å². The van der Waals surface area contributed by atoms with Gasteiger partial charge in [0, 0.05) is 19.8 Å². The molecular formula is C26H32O2Si. The second kappa shape index (κ2) is 8.43. The second-order valence-electron chi connectivity index (χ2n) is 8.76. The lowest BCUT2D eigenvalue weighted by Gasteiger charge is -2.32. The summed E-state index contributed by atoms with van der Waals surface area (Å²) in [5.41, 5.74) is 9.43. The number of allylic oxidation sites excluding steroid dienone is 2. The zero-order valence-electron chi connectivity index (χ0n) is 18.1. The molecule has 1 unspecified atom stereocenters. The van der Waals surface area contributed by atoms with Crippen LogP contribution in [0.2, 0.25) is 13.1 Å². The molecule has 0 bridgehead atoms. The third kappa shape index (κ3) is 3.68. The highest BCUT2D eigenvalue weighted by atomic mass is 28.3. The van der Waals surface area contributed by atoms with E-state index in [0.29, 0.717) is 5.54 Å². The largest absolute Gasteiger partial charge is 0.384 e. The predicted octanol–water partition coefficient (Wildman–Crippen LogP) is 6.04. The van der Waals surface area contributed by atoms with E-state index in [1.54, 1.807) is 17.9 Å². The van der Waals surface area contributed by atoms with Crippen LogP contribution in [0, 0.1) is 0 Å². The minimum atomic E-state index is -1.77. The first-order chi connectivity index (χ1) is 14.1. The molecule has 0 spiro atoms. The Balaban J connectivity index is 1.76. The van der Waals surface area contributed by atoms with E-state index in [-0.39, 0.29) is 0 Å². The van der Waals surface area contributed by atoms with E-state index < -0.39 is 8.07 Å². The molecule has 4 rings (SSSR count). The smallest absolute Gasteiger partial charge is 0.0877 e. The van der Waals surface area contributed by atoms with E-state index in [1.165, 1.54) is 27.8 Å². The van der Waals surface area contributed by atoms with Crippen LogP contribution in [0.1, 0.15) is 40.6 Å². The quantitative estimate of drug-likeness (QED) is 0.500. The molecule has 2 aromatic rings. The van der Waals surface area contributed by atoms with Crippen molar-refractivity contribution in [3.8, 4) is 0 Å². The minimum absolute atomic E-state index is 0.521. The molecule has 0 heterocycles. The van der Waals surface area contributed by atoms with Crippen molar-refractivity contribution in [1.82, 2.24) is 0 Å². The SMILES string of the molecule is COCCC1=CC([Si](C)(C)C2=C(CCOC)c3ccccc3C2)c2ccccc21. The van der Waals surface area contributed by atoms with E-state index in [0.717, 1.165) is 32.5 Å². The van der Waals surface area contributed by atoms with Crippen molar-refractivity contribution in [2.45, 2.75) is 37.9 Å². The van der Waals surface area contributed by atoms with Crippen molar-refractivity contribution >= 4 is 19.2 Å². The van der Waals surface area contributed by atoms with Crippen molar-refractivity contribution < 1.29 is 9.47 Å². The first kappa shape index (κ1) is 20.3. The third-order valence-electron chi connectivity index (χ3n) is 6.77. The number of hydrogen-bond donors (Lipinski definition) is 0. The Bertz CT molecular complexity index is 955. The lowest BCUT2D eigenvalue weighted by Crippen LogP contribution is -2.37. The van der Waals surface area contributed by atoms with Crippen LogP contribution in [0.3, 0.4) is 0 Å². The van der Waals surface area contributed by atoms with Crippen molar-refractivity contribution in [1.29, 1.82) is 0 Å². The number of benzene rings is 2. The molecule has 0 aliphatic heterocycles. The van der Waals surface area contributed by atoms with Crippen molar-refractivity contribution in [3.63, 3.8) is 0 Å². The van der Waals surface area contributed by atoms with E-state index in [1.807, 2.05) is 7.11 Å². The van der Waals surface area contributed by atoms with E-state index in [4.69, 9.17) is 9.47 Å². The molecule has 2 aliphatic carbocycles. The van der Waals surface area contributed by atoms with Crippen LogP contribution in [-0.4, -0.2) is 35.5 Å². The Hall–Kier alpha value is -1.94. The van der Waals surface area contributed by atoms with Gasteiger partial charge in [-0.05, 0) is 52.7 Å². The maximum Gasteiger partial charge on any atom is 0.0877 e. The van der Waals surface area contributed by atoms with Gasteiger partial charge in [0.1, 0.15) is 0 Å². The van der Waals surface area contributed by atoms with Crippen LogP contribution in [0.4, 0.5) is 0 Å². The predicted molar refractivity (Wildman–Crippen MR) is 125 cm³/mol. The molecule has 29 heavy (non-hydrogen) atoms. The summed E-state index contributed by atoms with van der Waals surface area (Å²) in [4.78, 5) is 0. The summed E-state index contributed by atoms with van der Waals surface area (Å²) in [7, 11) is 1.83. The first-order valence-corrected chi connectivity index (χ1v) is 13.7. The molecule has 0 fully saturated rings. The number of fused-ring (bicyclic) bond motifs is 2. The van der Waals surface area contributed by atoms with E-state index in [9.17, 15) is 0 Å². The van der Waals surface area contributed by atoms with Crippen LogP contribution in [0.5, 0.6) is 0 Å². The highest BCUT2D eigenvalue weighted by molar-refractivity contribution is 6.87. The van der Waals surface area contributed by atoms with Gasteiger partial charge in [0.05, 0.1) is 21.3 Å². The molecule has 2 aliphatic rings. The Morgan fingerprint density at radius 3 is 2.28 bits per heavy atom. The van der Waals surface area contributed by atoms with Crippen LogP contribution in [-0.2, 0) is 15.9 Å². The number of hydrogen-bond acceptors (Lipinski definition) is 2. The fraction of sp³-hybridized carbons (Fsp3) is 0.385. The molecule has 152 valence electrons. The van der Waals surface area contributed by atoms with Gasteiger partial charge in [0.15, 0.2) is 0 Å². The zero-order valence-corrected chi connectivity index (χ0v) is 19.1. The van der Waals surface area contributed by atoms with Crippen LogP contribution in [0.25, 0.3) is 11.1 Å². The highest BCUT2D eigenvalue weighted by Gasteiger charge is 2.42. The van der Waals surface area contributed by atoms with Gasteiger partial charge in [-0.15, -0.1) is 0 Å². The fourth-order valence-corrected chi connectivity index (χ4v) is 8.90. The number of rotatable bonds is 8. The third-order valence-corrected chi connectivity index (χ3v) is 10.8. The molecule has 0 amide bonds. The monoisotopic (exact) mass is 404 g/mol. The van der Waals surface area contributed by atoms with Gasteiger partial charge >= 0.3 is 0 Å². The van der Waals surface area contributed by atoms with Gasteiger partial charge < -0.3 is 9.47 Å². The summed E-state index contributed by atoms with van der Waals surface area (Å²) in [6, 6.07) is 18.0. The number of ether oxygens (including phenoxy) is 2. The minimum Gasteiger partial charge on any atom is -0.384 e. The summed E-state index contributed by atoms with van der Waals surface area (Å²) < 4.78 is 10.9. The standard InChI is InChI=1S/C26H32O2Si/c1-27-15-13-20-18-25(23-12-8-7-11-22(20)23)29(3,4)26-17-19-9-5-6-10-21(19)24(26)14-16-28-2/h5-12,18,25H,13-17H2,1-4H3. The van der Waals surface area contributed by atoms with E-state index >= 15 is 0 Å². The van der Waals surface area contributed by atoms with Gasteiger partial charge in [0.25, 0.3) is 0 Å². The lowest BCUT2D eigenvalue weighted by atomic mass is 10.0. The summed E-state index contributed by atoms with van der Waals surface area (Å²) in [5, 5.41) is 1.71. The zero-order chi connectivity index (χ0) is 20.4. The van der Waals surface area contributed by atoms with Gasteiger partial charge in [-0.25, -0.2) is 0 Å². The molecule has 0 radical (unpaired) electrons. The molecule has 0 saturated carbocycles. The number of methoxy groups -OCH3 is 2. The van der Waals surface area contributed by atoms with Crippen molar-refractivity contribution in [2.75, 3.05) is 27.4 Å². The molecule has 0 aromatic heterocycles. The van der Waals surface area contributed by atoms with Crippen molar-refractivity contribution in [3.05, 3.63) is 82.1 Å². The molecule has 2 nitrogen and oxygen atoms in total. The lowest BCUT2D eigenvalue weighted by molar-refractivity contribution is 0.206. The van der Waals surface area contributed by atoms with Crippen LogP contribution < -0.4 is 0 Å². The molecule has 0 N–H and O–H groups in total. The van der Waals surface area contributed by atoms with Gasteiger partial charge in [-0.2, -0.15) is 0 Å². The van der Waals surface area contributed by atoms with Crippen molar-refractivity contribution in [2.24, 2.45) is 0 Å².